The fourth-order valence-electron chi connectivity index (χ4n) is 2.09. The summed E-state index contributed by atoms with van der Waals surface area (Å²) in [5, 5.41) is 8.80. The molecule has 2 aliphatic rings. The summed E-state index contributed by atoms with van der Waals surface area (Å²) in [6.07, 6.45) is 0.778. The zero-order valence-electron chi connectivity index (χ0n) is 7.52. The fraction of sp³-hybridized carbons (Fsp3) is 1.00. The van der Waals surface area contributed by atoms with Gasteiger partial charge in [0.05, 0.1) is 11.5 Å². The normalized spacial score (nSPS) is 34.7. The van der Waals surface area contributed by atoms with Crippen molar-refractivity contribution >= 4 is 9.84 Å². The van der Waals surface area contributed by atoms with E-state index in [4.69, 9.17) is 5.11 Å². The van der Waals surface area contributed by atoms with Gasteiger partial charge in [0, 0.05) is 31.7 Å². The van der Waals surface area contributed by atoms with Gasteiger partial charge in [-0.2, -0.15) is 0 Å². The number of hydrogen-bond donors (Lipinski definition) is 1. The number of aliphatic hydroxyl groups excluding tert-OH is 1. The van der Waals surface area contributed by atoms with Crippen LogP contribution in [0.4, 0.5) is 0 Å². The molecule has 1 atom stereocenters. The molecule has 0 aromatic carbocycles. The van der Waals surface area contributed by atoms with Gasteiger partial charge in [0.2, 0.25) is 0 Å². The second-order valence-electron chi connectivity index (χ2n) is 4.06. The van der Waals surface area contributed by atoms with E-state index in [0.717, 1.165) is 19.5 Å². The van der Waals surface area contributed by atoms with E-state index in [1.165, 1.54) is 0 Å². The van der Waals surface area contributed by atoms with Crippen molar-refractivity contribution in [3.8, 4) is 0 Å². The first-order chi connectivity index (χ1) is 6.11. The van der Waals surface area contributed by atoms with Crippen LogP contribution >= 0.6 is 0 Å². The lowest BCUT2D eigenvalue weighted by Gasteiger charge is -2.41. The minimum Gasteiger partial charge on any atom is -0.396 e. The van der Waals surface area contributed by atoms with E-state index < -0.39 is 9.84 Å². The lowest BCUT2D eigenvalue weighted by atomic mass is 9.98. The molecule has 0 radical (unpaired) electrons. The first kappa shape index (κ1) is 9.43. The van der Waals surface area contributed by atoms with E-state index in [2.05, 4.69) is 4.90 Å². The summed E-state index contributed by atoms with van der Waals surface area (Å²) in [4.78, 5) is 2.17. The van der Waals surface area contributed by atoms with Crippen molar-refractivity contribution in [3.63, 3.8) is 0 Å². The molecular formula is C8H15NO3S. The van der Waals surface area contributed by atoms with Crippen LogP contribution in [-0.4, -0.2) is 55.7 Å². The molecule has 5 heteroatoms. The number of rotatable bonds is 2. The zero-order chi connectivity index (χ0) is 9.47. The molecule has 0 aromatic rings. The van der Waals surface area contributed by atoms with E-state index in [0.29, 0.717) is 17.4 Å². The molecule has 0 spiro atoms. The highest BCUT2D eigenvalue weighted by Crippen LogP contribution is 2.25. The second-order valence-corrected chi connectivity index (χ2v) is 6.29. The van der Waals surface area contributed by atoms with Gasteiger partial charge in [-0.3, -0.25) is 4.90 Å². The largest absolute Gasteiger partial charge is 0.396 e. The van der Waals surface area contributed by atoms with Gasteiger partial charge in [-0.1, -0.05) is 0 Å². The number of aliphatic hydroxyl groups is 1. The Morgan fingerprint density at radius 1 is 1.38 bits per heavy atom. The van der Waals surface area contributed by atoms with Crippen molar-refractivity contribution < 1.29 is 13.5 Å². The number of sulfone groups is 1. The van der Waals surface area contributed by atoms with Gasteiger partial charge in [-0.15, -0.1) is 0 Å². The molecule has 2 fully saturated rings. The molecule has 0 saturated carbocycles. The number of hydrogen-bond acceptors (Lipinski definition) is 4. The van der Waals surface area contributed by atoms with Crippen LogP contribution in [-0.2, 0) is 9.84 Å². The van der Waals surface area contributed by atoms with E-state index in [9.17, 15) is 8.42 Å². The lowest BCUT2D eigenvalue weighted by Crippen LogP contribution is -2.53. The highest BCUT2D eigenvalue weighted by atomic mass is 32.2. The smallest absolute Gasteiger partial charge is 0.151 e. The Hall–Kier alpha value is -0.130. The molecule has 1 N–H and O–H groups in total. The third-order valence-corrected chi connectivity index (χ3v) is 4.72. The van der Waals surface area contributed by atoms with Crippen molar-refractivity contribution in [1.82, 2.24) is 4.90 Å². The van der Waals surface area contributed by atoms with Crippen molar-refractivity contribution in [2.24, 2.45) is 5.92 Å². The molecule has 2 aliphatic heterocycles. The predicted octanol–water partition coefficient (Wildman–Crippen LogP) is -0.902. The molecule has 2 rings (SSSR count). The molecule has 0 aromatic heterocycles. The zero-order valence-corrected chi connectivity index (χ0v) is 8.33. The maximum atomic E-state index is 11.2. The molecule has 0 amide bonds. The van der Waals surface area contributed by atoms with Gasteiger partial charge in [0.15, 0.2) is 9.84 Å². The van der Waals surface area contributed by atoms with Gasteiger partial charge in [-0.05, 0) is 6.42 Å². The van der Waals surface area contributed by atoms with E-state index in [1.807, 2.05) is 0 Å². The molecular weight excluding hydrogens is 190 g/mol. The lowest BCUT2D eigenvalue weighted by molar-refractivity contribution is 0.0274. The Kier molecular flexibility index (Phi) is 2.33. The van der Waals surface area contributed by atoms with Crippen LogP contribution in [0.3, 0.4) is 0 Å². The molecule has 0 bridgehead atoms. The quantitative estimate of drug-likeness (QED) is 0.634. The summed E-state index contributed by atoms with van der Waals surface area (Å²) in [5.74, 6) is 1.05. The van der Waals surface area contributed by atoms with E-state index in [-0.39, 0.29) is 12.6 Å². The first-order valence-electron chi connectivity index (χ1n) is 4.66. The maximum Gasteiger partial charge on any atom is 0.151 e. The van der Waals surface area contributed by atoms with Crippen molar-refractivity contribution in [2.75, 3.05) is 31.2 Å². The van der Waals surface area contributed by atoms with Crippen LogP contribution in [0.5, 0.6) is 0 Å². The molecule has 2 heterocycles. The van der Waals surface area contributed by atoms with Crippen LogP contribution in [0, 0.1) is 5.92 Å². The highest BCUT2D eigenvalue weighted by Gasteiger charge is 2.38. The molecule has 76 valence electrons. The van der Waals surface area contributed by atoms with Gasteiger partial charge < -0.3 is 5.11 Å². The standard InChI is InChI=1S/C8H15NO3S/c10-5-7-3-9(4-7)8-1-2-13(11,12)6-8/h7-8,10H,1-6H2. The number of likely N-dealkylation sites (tertiary alicyclic amines) is 1. The molecule has 0 aliphatic carbocycles. The Labute approximate surface area is 78.5 Å². The third-order valence-electron chi connectivity index (χ3n) is 2.97. The fourth-order valence-corrected chi connectivity index (χ4v) is 3.85. The minimum absolute atomic E-state index is 0.229. The summed E-state index contributed by atoms with van der Waals surface area (Å²) in [7, 11) is -2.75. The van der Waals surface area contributed by atoms with E-state index >= 15 is 0 Å². The molecule has 13 heavy (non-hydrogen) atoms. The van der Waals surface area contributed by atoms with Crippen LogP contribution < -0.4 is 0 Å². The SMILES string of the molecule is O=S1(=O)CCC(N2CC(CO)C2)C1. The average Bonchev–Trinajstić information content (AvgIpc) is 2.28. The first-order valence-corrected chi connectivity index (χ1v) is 6.48. The van der Waals surface area contributed by atoms with Crippen molar-refractivity contribution in [3.05, 3.63) is 0 Å². The topological polar surface area (TPSA) is 57.6 Å². The summed E-state index contributed by atoms with van der Waals surface area (Å²) in [6, 6.07) is 0.229. The molecule has 2 saturated heterocycles. The van der Waals surface area contributed by atoms with Crippen LogP contribution in [0.2, 0.25) is 0 Å². The van der Waals surface area contributed by atoms with Gasteiger partial charge in [-0.25, -0.2) is 8.42 Å². The van der Waals surface area contributed by atoms with Crippen LogP contribution in [0.25, 0.3) is 0 Å². The number of nitrogens with zero attached hydrogens (tertiary/aromatic N) is 1. The third kappa shape index (κ3) is 1.87. The van der Waals surface area contributed by atoms with Crippen molar-refractivity contribution in [2.45, 2.75) is 12.5 Å². The average molecular weight is 205 g/mol. The van der Waals surface area contributed by atoms with Crippen molar-refractivity contribution in [1.29, 1.82) is 0 Å². The highest BCUT2D eigenvalue weighted by molar-refractivity contribution is 7.91. The summed E-state index contributed by atoms with van der Waals surface area (Å²) in [6.45, 7) is 1.98. The van der Waals surface area contributed by atoms with Gasteiger partial charge >= 0.3 is 0 Å². The Balaban J connectivity index is 1.85. The Bertz CT molecular complexity index is 282. The van der Waals surface area contributed by atoms with Crippen LogP contribution in [0.15, 0.2) is 0 Å². The summed E-state index contributed by atoms with van der Waals surface area (Å²) < 4.78 is 22.3. The molecule has 1 unspecified atom stereocenters. The minimum atomic E-state index is -2.75. The maximum absolute atomic E-state index is 11.2. The Morgan fingerprint density at radius 2 is 2.08 bits per heavy atom. The van der Waals surface area contributed by atoms with Crippen LogP contribution in [0.1, 0.15) is 6.42 Å². The summed E-state index contributed by atoms with van der Waals surface area (Å²) >= 11 is 0. The monoisotopic (exact) mass is 205 g/mol. The predicted molar refractivity (Wildman–Crippen MR) is 49.2 cm³/mol. The second kappa shape index (κ2) is 3.22. The summed E-state index contributed by atoms with van der Waals surface area (Å²) in [5.41, 5.74) is 0. The van der Waals surface area contributed by atoms with Gasteiger partial charge in [0.25, 0.3) is 0 Å². The molecule has 4 nitrogen and oxygen atoms in total. The Morgan fingerprint density at radius 3 is 2.54 bits per heavy atom. The van der Waals surface area contributed by atoms with E-state index in [1.54, 1.807) is 0 Å². The van der Waals surface area contributed by atoms with Gasteiger partial charge in [0.1, 0.15) is 0 Å².